The molecule has 0 atom stereocenters. The van der Waals surface area contributed by atoms with Crippen LogP contribution in [0.5, 0.6) is 0 Å². The number of amides is 2. The van der Waals surface area contributed by atoms with E-state index >= 15 is 0 Å². The molecule has 2 aliphatic heterocycles. The number of nitrogens with one attached hydrogen (secondary N) is 2. The van der Waals surface area contributed by atoms with E-state index < -0.39 is 0 Å². The molecule has 0 radical (unpaired) electrons. The molecule has 2 saturated heterocycles. The maximum absolute atomic E-state index is 12.1. The second-order valence-corrected chi connectivity index (χ2v) is 6.68. The average Bonchev–Trinajstić information content (AvgIpc) is 2.74. The number of carbonyl (C=O) groups excluding carboxylic acids is 2. The highest BCUT2D eigenvalue weighted by Gasteiger charge is 2.37. The molecule has 0 aliphatic carbocycles. The zero-order chi connectivity index (χ0) is 17.0. The van der Waals surface area contributed by atoms with Crippen LogP contribution in [0.1, 0.15) is 19.3 Å². The summed E-state index contributed by atoms with van der Waals surface area (Å²) < 4.78 is 5.93. The lowest BCUT2D eigenvalue weighted by atomic mass is 9.91. The van der Waals surface area contributed by atoms with Crippen molar-refractivity contribution in [3.8, 4) is 0 Å². The first-order chi connectivity index (χ1) is 11.5. The molecule has 0 unspecified atom stereocenters. The van der Waals surface area contributed by atoms with Crippen molar-refractivity contribution < 1.29 is 14.3 Å². The van der Waals surface area contributed by atoms with E-state index in [-0.39, 0.29) is 17.4 Å². The first kappa shape index (κ1) is 17.1. The Morgan fingerprint density at radius 2 is 2.21 bits per heavy atom. The smallest absolute Gasteiger partial charge is 0.239 e. The van der Waals surface area contributed by atoms with Crippen LogP contribution >= 0.6 is 11.6 Å². The Morgan fingerprint density at radius 3 is 2.92 bits per heavy atom. The third-order valence-electron chi connectivity index (χ3n) is 4.47. The Bertz CT molecular complexity index is 600. The van der Waals surface area contributed by atoms with Gasteiger partial charge in [0.25, 0.3) is 0 Å². The fourth-order valence-corrected chi connectivity index (χ4v) is 3.15. The van der Waals surface area contributed by atoms with Crippen molar-refractivity contribution in [2.75, 3.05) is 38.1 Å². The van der Waals surface area contributed by atoms with Gasteiger partial charge in [0.15, 0.2) is 0 Å². The summed E-state index contributed by atoms with van der Waals surface area (Å²) in [5, 5.41) is 6.21. The minimum atomic E-state index is -0.281. The number of nitrogens with zero attached hydrogens (tertiary/aromatic N) is 2. The summed E-state index contributed by atoms with van der Waals surface area (Å²) >= 11 is 5.77. The summed E-state index contributed by atoms with van der Waals surface area (Å²) in [6.45, 7) is 2.86. The molecule has 2 aliphatic rings. The predicted octanol–water partition coefficient (Wildman–Crippen LogP) is 1.04. The highest BCUT2D eigenvalue weighted by atomic mass is 35.5. The molecule has 1 aromatic heterocycles. The third kappa shape index (κ3) is 4.43. The number of likely N-dealkylation sites (tertiary alicyclic amines) is 1. The second kappa shape index (κ2) is 7.46. The largest absolute Gasteiger partial charge is 0.373 e. The van der Waals surface area contributed by atoms with Crippen molar-refractivity contribution in [1.29, 1.82) is 0 Å². The SMILES string of the molecule is O=C1CCOC2(CCN(CC(=O)Nc3ccc(Cl)cn3)CC2)CN1. The number of ether oxygens (including phenoxy) is 1. The summed E-state index contributed by atoms with van der Waals surface area (Å²) in [6, 6.07) is 3.36. The first-order valence-electron chi connectivity index (χ1n) is 8.09. The fourth-order valence-electron chi connectivity index (χ4n) is 3.03. The van der Waals surface area contributed by atoms with Gasteiger partial charge in [-0.2, -0.15) is 0 Å². The number of anilines is 1. The molecule has 2 fully saturated rings. The molecular weight excluding hydrogens is 332 g/mol. The number of hydrogen-bond acceptors (Lipinski definition) is 5. The molecular formula is C16H21ClN4O3. The van der Waals surface area contributed by atoms with Crippen LogP contribution in [-0.2, 0) is 14.3 Å². The minimum Gasteiger partial charge on any atom is -0.373 e. The number of halogens is 1. The predicted molar refractivity (Wildman–Crippen MR) is 89.9 cm³/mol. The maximum atomic E-state index is 12.1. The summed E-state index contributed by atoms with van der Waals surface area (Å²) in [5.41, 5.74) is -0.281. The normalized spacial score (nSPS) is 21.1. The van der Waals surface area contributed by atoms with Crippen LogP contribution in [0.25, 0.3) is 0 Å². The molecule has 1 aromatic rings. The van der Waals surface area contributed by atoms with Gasteiger partial charge in [-0.1, -0.05) is 11.6 Å². The third-order valence-corrected chi connectivity index (χ3v) is 4.70. The molecule has 3 heterocycles. The maximum Gasteiger partial charge on any atom is 0.239 e. The van der Waals surface area contributed by atoms with Gasteiger partial charge in [-0.25, -0.2) is 4.98 Å². The molecule has 7 nitrogen and oxygen atoms in total. The van der Waals surface area contributed by atoms with Gasteiger partial charge < -0.3 is 15.4 Å². The van der Waals surface area contributed by atoms with Gasteiger partial charge in [-0.3, -0.25) is 14.5 Å². The molecule has 0 aromatic carbocycles. The van der Waals surface area contributed by atoms with E-state index in [1.54, 1.807) is 12.1 Å². The van der Waals surface area contributed by atoms with Crippen molar-refractivity contribution in [2.24, 2.45) is 0 Å². The molecule has 2 N–H and O–H groups in total. The number of hydrogen-bond donors (Lipinski definition) is 2. The van der Waals surface area contributed by atoms with Gasteiger partial charge in [0.1, 0.15) is 5.82 Å². The van der Waals surface area contributed by atoms with Crippen molar-refractivity contribution in [3.63, 3.8) is 0 Å². The van der Waals surface area contributed by atoms with E-state index in [0.717, 1.165) is 25.9 Å². The van der Waals surface area contributed by atoms with Gasteiger partial charge in [0.05, 0.1) is 23.8 Å². The van der Waals surface area contributed by atoms with Crippen LogP contribution in [0.4, 0.5) is 5.82 Å². The standard InChI is InChI=1S/C16H21ClN4O3/c17-12-1-2-13(18-9-12)20-15(23)10-21-6-4-16(5-7-21)11-19-14(22)3-8-24-16/h1-2,9H,3-8,10-11H2,(H,19,22)(H,18,20,23). The Morgan fingerprint density at radius 1 is 1.42 bits per heavy atom. The Kier molecular flexibility index (Phi) is 5.33. The quantitative estimate of drug-likeness (QED) is 0.849. The van der Waals surface area contributed by atoms with E-state index in [9.17, 15) is 9.59 Å². The van der Waals surface area contributed by atoms with Crippen molar-refractivity contribution in [1.82, 2.24) is 15.2 Å². The van der Waals surface area contributed by atoms with E-state index in [4.69, 9.17) is 16.3 Å². The highest BCUT2D eigenvalue weighted by Crippen LogP contribution is 2.27. The zero-order valence-corrected chi connectivity index (χ0v) is 14.1. The highest BCUT2D eigenvalue weighted by molar-refractivity contribution is 6.30. The van der Waals surface area contributed by atoms with E-state index in [0.29, 0.717) is 37.0 Å². The molecule has 130 valence electrons. The minimum absolute atomic E-state index is 0.0455. The monoisotopic (exact) mass is 352 g/mol. The number of rotatable bonds is 3. The topological polar surface area (TPSA) is 83.6 Å². The summed E-state index contributed by atoms with van der Waals surface area (Å²) in [6.07, 6.45) is 3.53. The van der Waals surface area contributed by atoms with Gasteiger partial charge in [0.2, 0.25) is 11.8 Å². The second-order valence-electron chi connectivity index (χ2n) is 6.24. The molecule has 0 bridgehead atoms. The molecule has 24 heavy (non-hydrogen) atoms. The van der Waals surface area contributed by atoms with E-state index in [1.165, 1.54) is 6.20 Å². The molecule has 2 amide bonds. The summed E-state index contributed by atoms with van der Waals surface area (Å²) in [7, 11) is 0. The Labute approximate surface area is 145 Å². The van der Waals surface area contributed by atoms with Crippen LogP contribution in [-0.4, -0.2) is 60.1 Å². The zero-order valence-electron chi connectivity index (χ0n) is 13.4. The number of pyridine rings is 1. The van der Waals surface area contributed by atoms with Gasteiger partial charge >= 0.3 is 0 Å². The van der Waals surface area contributed by atoms with Gasteiger partial charge in [0, 0.05) is 32.3 Å². The van der Waals surface area contributed by atoms with Crippen molar-refractivity contribution in [3.05, 3.63) is 23.4 Å². The number of aromatic nitrogens is 1. The van der Waals surface area contributed by atoms with Crippen LogP contribution in [0, 0.1) is 0 Å². The lowest BCUT2D eigenvalue weighted by molar-refractivity contribution is -0.121. The lowest BCUT2D eigenvalue weighted by Crippen LogP contribution is -2.52. The van der Waals surface area contributed by atoms with Gasteiger partial charge in [-0.05, 0) is 25.0 Å². The average molecular weight is 353 g/mol. The molecule has 8 heteroatoms. The fraction of sp³-hybridized carbons (Fsp3) is 0.562. The number of piperidine rings is 1. The van der Waals surface area contributed by atoms with Gasteiger partial charge in [-0.15, -0.1) is 0 Å². The van der Waals surface area contributed by atoms with Crippen LogP contribution < -0.4 is 10.6 Å². The lowest BCUT2D eigenvalue weighted by Gasteiger charge is -2.40. The summed E-state index contributed by atoms with van der Waals surface area (Å²) in [4.78, 5) is 29.7. The van der Waals surface area contributed by atoms with Crippen LogP contribution in [0.15, 0.2) is 18.3 Å². The molecule has 3 rings (SSSR count). The van der Waals surface area contributed by atoms with E-state index in [1.807, 2.05) is 0 Å². The van der Waals surface area contributed by atoms with Crippen molar-refractivity contribution in [2.45, 2.75) is 24.9 Å². The number of carbonyl (C=O) groups is 2. The van der Waals surface area contributed by atoms with Crippen LogP contribution in [0.2, 0.25) is 5.02 Å². The molecule has 0 saturated carbocycles. The Balaban J connectivity index is 1.47. The molecule has 1 spiro atoms. The first-order valence-corrected chi connectivity index (χ1v) is 8.47. The Hall–Kier alpha value is -1.70. The van der Waals surface area contributed by atoms with Crippen LogP contribution in [0.3, 0.4) is 0 Å². The summed E-state index contributed by atoms with van der Waals surface area (Å²) in [5.74, 6) is 0.438. The van der Waals surface area contributed by atoms with E-state index in [2.05, 4.69) is 20.5 Å². The van der Waals surface area contributed by atoms with Crippen molar-refractivity contribution >= 4 is 29.2 Å².